The molecule has 2 aliphatic carbocycles. The van der Waals surface area contributed by atoms with Crippen LogP contribution in [-0.2, 0) is 21.7 Å². The van der Waals surface area contributed by atoms with Crippen molar-refractivity contribution in [1.29, 1.82) is 0 Å². The summed E-state index contributed by atoms with van der Waals surface area (Å²) < 4.78 is 0. The first-order valence-corrected chi connectivity index (χ1v) is 12.9. The summed E-state index contributed by atoms with van der Waals surface area (Å²) in [5.41, 5.74) is 0.715. The average Bonchev–Trinajstić information content (AvgIpc) is 2.92. The first-order chi connectivity index (χ1) is 7.91. The van der Waals surface area contributed by atoms with Crippen LogP contribution in [-0.4, -0.2) is 16.9 Å². The molecule has 0 fully saturated rings. The van der Waals surface area contributed by atoms with E-state index in [0.29, 0.717) is 5.54 Å². The van der Waals surface area contributed by atoms with E-state index in [1.807, 2.05) is 12.2 Å². The fourth-order valence-electron chi connectivity index (χ4n) is 1.67. The topological polar surface area (TPSA) is 0 Å². The number of rotatable bonds is 2. The van der Waals surface area contributed by atoms with Gasteiger partial charge in [-0.05, 0) is 0 Å². The minimum Gasteiger partial charge on any atom is -1.00 e. The molecule has 2 rings (SSSR count). The van der Waals surface area contributed by atoms with E-state index in [9.17, 15) is 0 Å². The summed E-state index contributed by atoms with van der Waals surface area (Å²) in [5.74, 6) is 0. The fourth-order valence-corrected chi connectivity index (χ4v) is 4.10. The Labute approximate surface area is 155 Å². The summed E-state index contributed by atoms with van der Waals surface area (Å²) >= 11 is 0. The molecule has 1 unspecified atom stereocenters. The van der Waals surface area contributed by atoms with Crippen molar-refractivity contribution in [2.75, 3.05) is 0 Å². The normalized spacial score (nSPS) is 18.5. The van der Waals surface area contributed by atoms with E-state index in [1.165, 1.54) is 5.20 Å². The Kier molecular flexibility index (Phi) is 15.7. The van der Waals surface area contributed by atoms with E-state index in [2.05, 4.69) is 63.1 Å². The van der Waals surface area contributed by atoms with Gasteiger partial charge in [0.2, 0.25) is 0 Å². The van der Waals surface area contributed by atoms with Gasteiger partial charge in [0.05, 0.1) is 0 Å². The van der Waals surface area contributed by atoms with E-state index >= 15 is 0 Å². The second kappa shape index (κ2) is 12.3. The molecule has 0 N–H and O–H groups in total. The first-order valence-electron chi connectivity index (χ1n) is 6.45. The van der Waals surface area contributed by atoms with Gasteiger partial charge in [0.25, 0.3) is 0 Å². The van der Waals surface area contributed by atoms with Crippen LogP contribution in [0.2, 0.25) is 38.3 Å². The van der Waals surface area contributed by atoms with Crippen molar-refractivity contribution < 1.29 is 46.5 Å². The van der Waals surface area contributed by atoms with Crippen LogP contribution in [0.3, 0.4) is 0 Å². The van der Waals surface area contributed by atoms with Crippen LogP contribution in [0.15, 0.2) is 35.6 Å². The number of halogens is 2. The van der Waals surface area contributed by atoms with Crippen LogP contribution in [0.1, 0.15) is 6.42 Å². The van der Waals surface area contributed by atoms with Crippen LogP contribution in [0, 0.1) is 12.2 Å². The maximum Gasteiger partial charge on any atom is 4.00 e. The van der Waals surface area contributed by atoms with Gasteiger partial charge in [-0.1, -0.05) is 32.7 Å². The Morgan fingerprint density at radius 1 is 1.20 bits per heavy atom. The maximum atomic E-state index is 3.66. The van der Waals surface area contributed by atoms with E-state index in [0.717, 1.165) is 6.42 Å². The maximum absolute atomic E-state index is 3.66. The van der Waals surface area contributed by atoms with Gasteiger partial charge in [-0.15, -0.1) is 12.0 Å². The molecule has 0 aromatic carbocycles. The molecule has 0 aliphatic heterocycles. The molecule has 110 valence electrons. The molecule has 20 heavy (non-hydrogen) atoms. The Balaban J connectivity index is -0.000000312. The van der Waals surface area contributed by atoms with Crippen LogP contribution in [0.25, 0.3) is 0 Å². The number of hydrogen-bond acceptors (Lipinski definition) is 0. The Morgan fingerprint density at radius 2 is 1.80 bits per heavy atom. The van der Waals surface area contributed by atoms with Crippen LogP contribution >= 0.6 is 0 Å². The summed E-state index contributed by atoms with van der Waals surface area (Å²) in [7, 11) is -1.60. The zero-order valence-corrected chi connectivity index (χ0v) is 18.2. The van der Waals surface area contributed by atoms with Gasteiger partial charge in [-0.3, -0.25) is 12.2 Å². The molecule has 0 aromatic heterocycles. The minimum absolute atomic E-state index is 0. The molecule has 0 saturated heterocycles. The van der Waals surface area contributed by atoms with Gasteiger partial charge in [0.1, 0.15) is 0 Å². The second-order valence-electron chi connectivity index (χ2n) is 5.94. The SMILES string of the molecule is C[SiH](C)C1[C-]=C([Si](C)(C)C)C=C1.[C-]1=CC=CC1.[Cl-].[Cl-].[Ti+4]. The van der Waals surface area contributed by atoms with Crippen molar-refractivity contribution in [3.8, 4) is 0 Å². The standard InChI is InChI=1S/C10H19Si2.C5H5.2ClH.Ti/c1-11(2)9-6-7-10(8-9)12(3,4)5;1-2-4-5-3-1;;;/h6-7,9,11H,1-5H3;1-3H,4H2;2*1H;/q2*-1;;;+4/p-2. The van der Waals surface area contributed by atoms with Gasteiger partial charge in [-0.25, -0.2) is 23.4 Å². The van der Waals surface area contributed by atoms with Gasteiger partial charge in [0, 0.05) is 16.9 Å². The summed E-state index contributed by atoms with van der Waals surface area (Å²) in [6.45, 7) is 12.0. The van der Waals surface area contributed by atoms with Crippen LogP contribution in [0.4, 0.5) is 0 Å². The Bertz CT molecular complexity index is 357. The third-order valence-electron chi connectivity index (χ3n) is 2.90. The monoisotopic (exact) mass is 378 g/mol. The minimum atomic E-state index is -1.07. The molecular weight excluding hydrogens is 355 g/mol. The number of allylic oxidation sites excluding steroid dienone is 8. The molecule has 0 heterocycles. The van der Waals surface area contributed by atoms with E-state index in [1.54, 1.807) is 0 Å². The van der Waals surface area contributed by atoms with E-state index < -0.39 is 16.9 Å². The molecule has 5 heteroatoms. The summed E-state index contributed by atoms with van der Waals surface area (Å²) in [4.78, 5) is 0. The molecule has 2 aliphatic rings. The third-order valence-corrected chi connectivity index (χ3v) is 6.66. The van der Waals surface area contributed by atoms with Gasteiger partial charge >= 0.3 is 21.7 Å². The third kappa shape index (κ3) is 9.59. The first kappa shape index (κ1) is 25.6. The van der Waals surface area contributed by atoms with Gasteiger partial charge in [-0.2, -0.15) is 12.2 Å². The molecule has 1 atom stereocenters. The predicted octanol–water partition coefficient (Wildman–Crippen LogP) is -1.67. The Hall–Kier alpha value is 0.688. The fraction of sp³-hybridized carbons (Fsp3) is 0.467. The van der Waals surface area contributed by atoms with Crippen LogP contribution in [0.5, 0.6) is 0 Å². The predicted molar refractivity (Wildman–Crippen MR) is 83.4 cm³/mol. The second-order valence-corrected chi connectivity index (χ2v) is 14.2. The molecule has 0 saturated carbocycles. The van der Waals surface area contributed by atoms with Crippen molar-refractivity contribution in [2.24, 2.45) is 0 Å². The van der Waals surface area contributed by atoms with E-state index in [-0.39, 0.29) is 46.5 Å². The molecular formula is C15H24Cl2Si2Ti. The Morgan fingerprint density at radius 3 is 2.00 bits per heavy atom. The zero-order chi connectivity index (χ0) is 12.9. The quantitative estimate of drug-likeness (QED) is 0.398. The number of hydrogen-bond donors (Lipinski definition) is 0. The van der Waals surface area contributed by atoms with Crippen molar-refractivity contribution in [1.82, 2.24) is 0 Å². The van der Waals surface area contributed by atoms with Crippen molar-refractivity contribution >= 4 is 16.9 Å². The molecule has 0 amide bonds. The zero-order valence-electron chi connectivity index (χ0n) is 13.0. The molecule has 0 aromatic rings. The largest absolute Gasteiger partial charge is 4.00 e. The summed E-state index contributed by atoms with van der Waals surface area (Å²) in [5, 5.41) is 1.54. The van der Waals surface area contributed by atoms with E-state index in [4.69, 9.17) is 0 Å². The average molecular weight is 379 g/mol. The molecule has 0 nitrogen and oxygen atoms in total. The van der Waals surface area contributed by atoms with Crippen molar-refractivity contribution in [2.45, 2.75) is 44.7 Å². The van der Waals surface area contributed by atoms with Gasteiger partial charge in [0.15, 0.2) is 0 Å². The van der Waals surface area contributed by atoms with Gasteiger partial charge < -0.3 is 24.8 Å². The van der Waals surface area contributed by atoms with Crippen molar-refractivity contribution in [3.63, 3.8) is 0 Å². The molecule has 0 spiro atoms. The smallest absolute Gasteiger partial charge is 1.00 e. The molecule has 0 radical (unpaired) electrons. The molecule has 0 bridgehead atoms. The summed E-state index contributed by atoms with van der Waals surface area (Å²) in [6.07, 6.45) is 18.3. The summed E-state index contributed by atoms with van der Waals surface area (Å²) in [6, 6.07) is 0. The van der Waals surface area contributed by atoms with Crippen LogP contribution < -0.4 is 24.8 Å². The van der Waals surface area contributed by atoms with Crippen molar-refractivity contribution in [3.05, 3.63) is 47.7 Å².